The highest BCUT2D eigenvalue weighted by Crippen LogP contribution is 2.30. The fraction of sp³-hybridized carbons (Fsp3) is 0.0909. The molecule has 0 aliphatic rings. The summed E-state index contributed by atoms with van der Waals surface area (Å²) < 4.78 is 27.4. The fourth-order valence-electron chi connectivity index (χ4n) is 1.54. The Bertz CT molecular complexity index is 530. The number of hydrogen-bond donors (Lipinski definition) is 2. The fourth-order valence-corrected chi connectivity index (χ4v) is 3.06. The number of hydrazine groups is 1. The van der Waals surface area contributed by atoms with Gasteiger partial charge in [-0.25, -0.2) is 14.2 Å². The summed E-state index contributed by atoms with van der Waals surface area (Å²) in [6.45, 7) is 0. The molecule has 1 aromatic heterocycles. The Hall–Kier alpha value is -0.820. The van der Waals surface area contributed by atoms with Crippen LogP contribution in [0.25, 0.3) is 0 Å². The van der Waals surface area contributed by atoms with Gasteiger partial charge in [-0.05, 0) is 28.1 Å². The first-order valence-corrected chi connectivity index (χ1v) is 6.44. The highest BCUT2D eigenvalue weighted by molar-refractivity contribution is 9.10. The molecule has 1 heterocycles. The van der Waals surface area contributed by atoms with E-state index in [-0.39, 0.29) is 0 Å². The average Bonchev–Trinajstić information content (AvgIpc) is 2.69. The maximum Gasteiger partial charge on any atom is 0.131 e. The van der Waals surface area contributed by atoms with Crippen molar-refractivity contribution in [3.63, 3.8) is 0 Å². The molecule has 1 aromatic carbocycles. The molecule has 90 valence electrons. The van der Waals surface area contributed by atoms with Crippen molar-refractivity contribution >= 4 is 27.3 Å². The first kappa shape index (κ1) is 12.6. The third-order valence-electron chi connectivity index (χ3n) is 2.31. The average molecular weight is 319 g/mol. The molecule has 0 aliphatic heterocycles. The number of benzene rings is 1. The smallest absolute Gasteiger partial charge is 0.131 e. The van der Waals surface area contributed by atoms with Gasteiger partial charge < -0.3 is 0 Å². The van der Waals surface area contributed by atoms with Crippen molar-refractivity contribution in [2.45, 2.75) is 6.04 Å². The standard InChI is InChI=1S/C11H9BrF2N2S/c12-6-3-10(17-5-6)11(16-15)8-2-1-7(13)4-9(8)14/h1-5,11,16H,15H2. The summed E-state index contributed by atoms with van der Waals surface area (Å²) >= 11 is 4.76. The first-order chi connectivity index (χ1) is 8.11. The molecule has 0 saturated heterocycles. The summed E-state index contributed by atoms with van der Waals surface area (Å²) in [5.74, 6) is 4.22. The second-order valence-electron chi connectivity index (χ2n) is 3.43. The molecule has 1 atom stereocenters. The van der Waals surface area contributed by atoms with E-state index in [1.807, 2.05) is 11.4 Å². The molecule has 17 heavy (non-hydrogen) atoms. The van der Waals surface area contributed by atoms with Crippen molar-refractivity contribution in [3.05, 3.63) is 56.2 Å². The van der Waals surface area contributed by atoms with Crippen LogP contribution in [0.3, 0.4) is 0 Å². The highest BCUT2D eigenvalue weighted by Gasteiger charge is 2.18. The Morgan fingerprint density at radius 3 is 2.59 bits per heavy atom. The summed E-state index contributed by atoms with van der Waals surface area (Å²) in [5, 5.41) is 1.88. The summed E-state index contributed by atoms with van der Waals surface area (Å²) in [6, 6.07) is 4.82. The number of hydrogen-bond acceptors (Lipinski definition) is 3. The molecule has 0 bridgehead atoms. The topological polar surface area (TPSA) is 38.0 Å². The number of halogens is 3. The predicted molar refractivity (Wildman–Crippen MR) is 67.5 cm³/mol. The van der Waals surface area contributed by atoms with Gasteiger partial charge in [0.1, 0.15) is 11.6 Å². The van der Waals surface area contributed by atoms with Gasteiger partial charge in [-0.2, -0.15) is 0 Å². The molecule has 1 unspecified atom stereocenters. The highest BCUT2D eigenvalue weighted by atomic mass is 79.9. The van der Waals surface area contributed by atoms with Crippen LogP contribution >= 0.6 is 27.3 Å². The number of thiophene rings is 1. The minimum Gasteiger partial charge on any atom is -0.271 e. The van der Waals surface area contributed by atoms with Crippen LogP contribution in [0.4, 0.5) is 8.78 Å². The van der Waals surface area contributed by atoms with E-state index in [4.69, 9.17) is 5.84 Å². The zero-order chi connectivity index (χ0) is 12.4. The van der Waals surface area contributed by atoms with Crippen molar-refractivity contribution in [2.24, 2.45) is 5.84 Å². The van der Waals surface area contributed by atoms with Crippen LogP contribution in [0.1, 0.15) is 16.5 Å². The zero-order valence-electron chi connectivity index (χ0n) is 8.58. The largest absolute Gasteiger partial charge is 0.271 e. The minimum absolute atomic E-state index is 0.322. The van der Waals surface area contributed by atoms with Crippen LogP contribution in [-0.4, -0.2) is 0 Å². The molecule has 0 amide bonds. The van der Waals surface area contributed by atoms with Crippen LogP contribution in [0.2, 0.25) is 0 Å². The molecule has 0 radical (unpaired) electrons. The van der Waals surface area contributed by atoms with Gasteiger partial charge in [-0.3, -0.25) is 5.84 Å². The van der Waals surface area contributed by atoms with E-state index in [2.05, 4.69) is 21.4 Å². The van der Waals surface area contributed by atoms with Gasteiger partial charge >= 0.3 is 0 Å². The molecule has 2 aromatic rings. The molecule has 0 saturated carbocycles. The number of nitrogens with one attached hydrogen (secondary N) is 1. The van der Waals surface area contributed by atoms with E-state index in [1.54, 1.807) is 0 Å². The summed E-state index contributed by atoms with van der Waals surface area (Å²) in [7, 11) is 0. The molecular weight excluding hydrogens is 310 g/mol. The SMILES string of the molecule is NNC(c1cc(Br)cs1)c1ccc(F)cc1F. The molecule has 0 fully saturated rings. The van der Waals surface area contributed by atoms with E-state index in [1.165, 1.54) is 23.5 Å². The Morgan fingerprint density at radius 1 is 1.29 bits per heavy atom. The maximum absolute atomic E-state index is 13.6. The molecule has 0 spiro atoms. The van der Waals surface area contributed by atoms with Crippen LogP contribution in [-0.2, 0) is 0 Å². The van der Waals surface area contributed by atoms with Gasteiger partial charge in [0, 0.05) is 26.4 Å². The van der Waals surface area contributed by atoms with Crippen LogP contribution < -0.4 is 11.3 Å². The molecule has 2 nitrogen and oxygen atoms in total. The molecule has 6 heteroatoms. The molecular formula is C11H9BrF2N2S. The lowest BCUT2D eigenvalue weighted by Crippen LogP contribution is -2.28. The van der Waals surface area contributed by atoms with Gasteiger partial charge in [0.05, 0.1) is 6.04 Å². The molecule has 2 rings (SSSR count). The lowest BCUT2D eigenvalue weighted by Gasteiger charge is -2.15. The van der Waals surface area contributed by atoms with Gasteiger partial charge in [-0.15, -0.1) is 11.3 Å². The van der Waals surface area contributed by atoms with Crippen molar-refractivity contribution in [2.75, 3.05) is 0 Å². The normalized spacial score (nSPS) is 12.7. The second kappa shape index (κ2) is 5.22. The Balaban J connectivity index is 2.42. The molecule has 3 N–H and O–H groups in total. The third kappa shape index (κ3) is 2.71. The first-order valence-electron chi connectivity index (χ1n) is 4.77. The van der Waals surface area contributed by atoms with Crippen molar-refractivity contribution in [1.82, 2.24) is 5.43 Å². The second-order valence-corrected chi connectivity index (χ2v) is 5.29. The lowest BCUT2D eigenvalue weighted by molar-refractivity contribution is 0.544. The third-order valence-corrected chi connectivity index (χ3v) is 4.07. The van der Waals surface area contributed by atoms with Crippen molar-refractivity contribution in [1.29, 1.82) is 0 Å². The Kier molecular flexibility index (Phi) is 3.88. The van der Waals surface area contributed by atoms with E-state index in [0.717, 1.165) is 15.4 Å². The van der Waals surface area contributed by atoms with Crippen LogP contribution in [0.5, 0.6) is 0 Å². The lowest BCUT2D eigenvalue weighted by atomic mass is 10.1. The van der Waals surface area contributed by atoms with Gasteiger partial charge in [-0.1, -0.05) is 6.07 Å². The van der Waals surface area contributed by atoms with Gasteiger partial charge in [0.15, 0.2) is 0 Å². The summed E-state index contributed by atoms with van der Waals surface area (Å²) in [5.41, 5.74) is 2.86. The van der Waals surface area contributed by atoms with Crippen molar-refractivity contribution in [3.8, 4) is 0 Å². The summed E-state index contributed by atoms with van der Waals surface area (Å²) in [6.07, 6.45) is 0. The summed E-state index contributed by atoms with van der Waals surface area (Å²) in [4.78, 5) is 0.852. The Morgan fingerprint density at radius 2 is 2.06 bits per heavy atom. The number of rotatable bonds is 3. The maximum atomic E-state index is 13.6. The van der Waals surface area contributed by atoms with Crippen LogP contribution in [0.15, 0.2) is 34.1 Å². The monoisotopic (exact) mass is 318 g/mol. The van der Waals surface area contributed by atoms with E-state index < -0.39 is 17.7 Å². The molecule has 0 aliphatic carbocycles. The van der Waals surface area contributed by atoms with E-state index >= 15 is 0 Å². The predicted octanol–water partition coefficient (Wildman–Crippen LogP) is 3.34. The van der Waals surface area contributed by atoms with Crippen molar-refractivity contribution < 1.29 is 8.78 Å². The Labute approximate surface area is 110 Å². The zero-order valence-corrected chi connectivity index (χ0v) is 11.0. The van der Waals surface area contributed by atoms with Gasteiger partial charge in [0.2, 0.25) is 0 Å². The van der Waals surface area contributed by atoms with E-state index in [9.17, 15) is 8.78 Å². The quantitative estimate of drug-likeness (QED) is 0.673. The van der Waals surface area contributed by atoms with Gasteiger partial charge in [0.25, 0.3) is 0 Å². The van der Waals surface area contributed by atoms with E-state index in [0.29, 0.717) is 5.56 Å². The number of nitrogens with two attached hydrogens (primary N) is 1. The minimum atomic E-state index is -0.613. The van der Waals surface area contributed by atoms with Crippen LogP contribution in [0, 0.1) is 11.6 Å².